The van der Waals surface area contributed by atoms with Gasteiger partial charge in [0.25, 0.3) is 0 Å². The number of carbonyl (C=O) groups is 1. The van der Waals surface area contributed by atoms with Gasteiger partial charge >= 0.3 is 13.6 Å². The average Bonchev–Trinajstić information content (AvgIpc) is 2.17. The molecule has 0 aromatic rings. The normalized spacial score (nSPS) is 16.9. The first-order chi connectivity index (χ1) is 7.13. The van der Waals surface area contributed by atoms with E-state index in [9.17, 15) is 24.3 Å². The first-order valence-electron chi connectivity index (χ1n) is 5.42. The molecule has 0 fully saturated rings. The maximum absolute atomic E-state index is 11.6. The number of rotatable bonds is 6. The minimum absolute atomic E-state index is 0.130. The van der Waals surface area contributed by atoms with Crippen LogP contribution in [0.1, 0.15) is 47.0 Å². The Morgan fingerprint density at radius 3 is 1.56 bits per heavy atom. The topological polar surface area (TPSA) is 94.8 Å². The number of carboxylic acid groups (broad SMARTS) is 1. The molecule has 3 N–H and O–H groups in total. The number of carboxylic acids is 1. The minimum atomic E-state index is -4.48. The summed E-state index contributed by atoms with van der Waals surface area (Å²) < 4.78 is 11.6. The van der Waals surface area contributed by atoms with Crippen molar-refractivity contribution < 1.29 is 24.3 Å². The maximum atomic E-state index is 11.6. The molecule has 0 saturated carbocycles. The van der Waals surface area contributed by atoms with Crippen molar-refractivity contribution in [1.29, 1.82) is 0 Å². The standard InChI is InChI=1S/C10H21O5P/c1-5-9(4,16(13,14)15)10(6-2,7-3)8(11)12/h5-7H2,1-4H3,(H,11,12)(H2,13,14,15). The van der Waals surface area contributed by atoms with Crippen LogP contribution in [0.2, 0.25) is 0 Å². The van der Waals surface area contributed by atoms with Gasteiger partial charge in [-0.1, -0.05) is 20.8 Å². The van der Waals surface area contributed by atoms with E-state index < -0.39 is 24.1 Å². The highest BCUT2D eigenvalue weighted by molar-refractivity contribution is 7.53. The monoisotopic (exact) mass is 252 g/mol. The lowest BCUT2D eigenvalue weighted by Gasteiger charge is -2.44. The van der Waals surface area contributed by atoms with Crippen LogP contribution in [-0.4, -0.2) is 26.0 Å². The molecule has 0 aliphatic carbocycles. The lowest BCUT2D eigenvalue weighted by Crippen LogP contribution is -2.50. The lowest BCUT2D eigenvalue weighted by atomic mass is 9.70. The maximum Gasteiger partial charge on any atom is 0.332 e. The molecule has 5 nitrogen and oxygen atoms in total. The van der Waals surface area contributed by atoms with Gasteiger partial charge in [0.05, 0.1) is 10.6 Å². The molecule has 0 saturated heterocycles. The highest BCUT2D eigenvalue weighted by atomic mass is 31.2. The molecule has 0 amide bonds. The summed E-state index contributed by atoms with van der Waals surface area (Å²) >= 11 is 0. The van der Waals surface area contributed by atoms with Gasteiger partial charge in [-0.25, -0.2) is 0 Å². The van der Waals surface area contributed by atoms with Crippen molar-refractivity contribution in [2.45, 2.75) is 52.1 Å². The zero-order valence-corrected chi connectivity index (χ0v) is 11.1. The summed E-state index contributed by atoms with van der Waals surface area (Å²) in [6.07, 6.45) is 0.536. The second-order valence-electron chi connectivity index (χ2n) is 4.27. The van der Waals surface area contributed by atoms with E-state index in [0.717, 1.165) is 0 Å². The van der Waals surface area contributed by atoms with Crippen molar-refractivity contribution in [1.82, 2.24) is 0 Å². The van der Waals surface area contributed by atoms with Gasteiger partial charge in [-0.15, -0.1) is 0 Å². The van der Waals surface area contributed by atoms with Crippen molar-refractivity contribution in [3.63, 3.8) is 0 Å². The third-order valence-corrected chi connectivity index (χ3v) is 6.01. The van der Waals surface area contributed by atoms with Crippen LogP contribution >= 0.6 is 7.60 Å². The van der Waals surface area contributed by atoms with Crippen LogP contribution in [0.15, 0.2) is 0 Å². The Bertz CT molecular complexity index is 299. The first kappa shape index (κ1) is 15.6. The smallest absolute Gasteiger partial charge is 0.332 e. The Morgan fingerprint density at radius 2 is 1.50 bits per heavy atom. The summed E-state index contributed by atoms with van der Waals surface area (Å²) in [4.78, 5) is 30.3. The summed E-state index contributed by atoms with van der Waals surface area (Å²) in [6, 6.07) is 0. The molecule has 0 aromatic heterocycles. The summed E-state index contributed by atoms with van der Waals surface area (Å²) in [5.74, 6) is -1.13. The second-order valence-corrected chi connectivity index (χ2v) is 6.34. The van der Waals surface area contributed by atoms with Crippen LogP contribution in [0.25, 0.3) is 0 Å². The Morgan fingerprint density at radius 1 is 1.12 bits per heavy atom. The van der Waals surface area contributed by atoms with E-state index in [1.807, 2.05) is 0 Å². The molecule has 0 aromatic carbocycles. The fraction of sp³-hybridized carbons (Fsp3) is 0.900. The average molecular weight is 252 g/mol. The molecule has 0 spiro atoms. The molecule has 0 rings (SSSR count). The molecule has 0 radical (unpaired) electrons. The van der Waals surface area contributed by atoms with Gasteiger partial charge in [0.1, 0.15) is 0 Å². The van der Waals surface area contributed by atoms with Crippen molar-refractivity contribution >= 4 is 13.6 Å². The number of aliphatic carboxylic acids is 1. The molecule has 16 heavy (non-hydrogen) atoms. The molecule has 0 aliphatic heterocycles. The van der Waals surface area contributed by atoms with Crippen molar-refractivity contribution in [2.75, 3.05) is 0 Å². The first-order valence-corrected chi connectivity index (χ1v) is 7.03. The molecule has 96 valence electrons. The zero-order chi connectivity index (χ0) is 13.2. The summed E-state index contributed by atoms with van der Waals surface area (Å²) in [5, 5.41) is 7.79. The lowest BCUT2D eigenvalue weighted by molar-refractivity contribution is -0.152. The van der Waals surface area contributed by atoms with Crippen LogP contribution in [0, 0.1) is 5.41 Å². The van der Waals surface area contributed by atoms with E-state index in [1.54, 1.807) is 20.8 Å². The van der Waals surface area contributed by atoms with Gasteiger partial charge < -0.3 is 14.9 Å². The van der Waals surface area contributed by atoms with Gasteiger partial charge in [0.15, 0.2) is 0 Å². The molecule has 1 atom stereocenters. The van der Waals surface area contributed by atoms with Gasteiger partial charge in [-0.3, -0.25) is 9.36 Å². The largest absolute Gasteiger partial charge is 0.481 e. The molecule has 1 unspecified atom stereocenters. The van der Waals surface area contributed by atoms with Crippen LogP contribution in [0.3, 0.4) is 0 Å². The zero-order valence-electron chi connectivity index (χ0n) is 10.2. The van der Waals surface area contributed by atoms with Crippen LogP contribution in [0.4, 0.5) is 0 Å². The van der Waals surface area contributed by atoms with Crippen molar-refractivity contribution in [3.8, 4) is 0 Å². The SMILES string of the molecule is CCC(CC)(C(=O)O)C(C)(CC)P(=O)(O)O. The fourth-order valence-electron chi connectivity index (χ4n) is 2.37. The Kier molecular flexibility index (Phi) is 4.75. The van der Waals surface area contributed by atoms with Gasteiger partial charge in [-0.2, -0.15) is 0 Å². The highest BCUT2D eigenvalue weighted by Gasteiger charge is 2.59. The second kappa shape index (κ2) is 4.86. The summed E-state index contributed by atoms with van der Waals surface area (Å²) in [5.41, 5.74) is -1.37. The third-order valence-electron chi connectivity index (χ3n) is 3.98. The quantitative estimate of drug-likeness (QED) is 0.630. The van der Waals surface area contributed by atoms with Crippen LogP contribution in [0.5, 0.6) is 0 Å². The summed E-state index contributed by atoms with van der Waals surface area (Å²) in [6.45, 7) is 6.29. The number of hydrogen-bond donors (Lipinski definition) is 3. The fourth-order valence-corrected chi connectivity index (χ4v) is 3.75. The van der Waals surface area contributed by atoms with E-state index >= 15 is 0 Å². The Labute approximate surface area is 96.0 Å². The highest BCUT2D eigenvalue weighted by Crippen LogP contribution is 2.63. The Hall–Kier alpha value is -0.380. The van der Waals surface area contributed by atoms with E-state index in [4.69, 9.17) is 0 Å². The van der Waals surface area contributed by atoms with Crippen LogP contribution < -0.4 is 0 Å². The molecule has 0 aliphatic rings. The van der Waals surface area contributed by atoms with E-state index in [2.05, 4.69) is 0 Å². The third kappa shape index (κ3) is 2.04. The molecule has 0 heterocycles. The Balaban J connectivity index is 5.85. The molecular weight excluding hydrogens is 231 g/mol. The molecule has 0 bridgehead atoms. The van der Waals surface area contributed by atoms with Gasteiger partial charge in [-0.05, 0) is 26.2 Å². The molecule has 6 heteroatoms. The van der Waals surface area contributed by atoms with Crippen molar-refractivity contribution in [2.24, 2.45) is 5.41 Å². The predicted molar refractivity (Wildman–Crippen MR) is 61.4 cm³/mol. The van der Waals surface area contributed by atoms with E-state index in [-0.39, 0.29) is 19.3 Å². The van der Waals surface area contributed by atoms with Gasteiger partial charge in [0.2, 0.25) is 0 Å². The summed E-state index contributed by atoms with van der Waals surface area (Å²) in [7, 11) is -4.48. The minimum Gasteiger partial charge on any atom is -0.481 e. The predicted octanol–water partition coefficient (Wildman–Crippen LogP) is 2.22. The number of hydrogen-bond acceptors (Lipinski definition) is 2. The molecular formula is C10H21O5P. The van der Waals surface area contributed by atoms with Crippen molar-refractivity contribution in [3.05, 3.63) is 0 Å². The van der Waals surface area contributed by atoms with E-state index in [1.165, 1.54) is 6.92 Å². The van der Waals surface area contributed by atoms with E-state index in [0.29, 0.717) is 0 Å². The van der Waals surface area contributed by atoms with Gasteiger partial charge in [0, 0.05) is 0 Å². The van der Waals surface area contributed by atoms with Crippen LogP contribution in [-0.2, 0) is 9.36 Å².